The summed E-state index contributed by atoms with van der Waals surface area (Å²) in [5, 5.41) is 3.18. The van der Waals surface area contributed by atoms with E-state index in [9.17, 15) is 4.79 Å². The van der Waals surface area contributed by atoms with E-state index < -0.39 is 0 Å². The normalized spacial score (nSPS) is 18.2. The SMILES string of the molecule is COc1ccc2c(c1)OC(C)(C)C[C@H]2NC(=O)c1ccc(C(C)(C)C)cc1. The van der Waals surface area contributed by atoms with Crippen LogP contribution in [0.15, 0.2) is 42.5 Å². The number of amides is 1. The van der Waals surface area contributed by atoms with Crippen LogP contribution in [0.25, 0.3) is 0 Å². The fourth-order valence-electron chi connectivity index (χ4n) is 3.45. The minimum atomic E-state index is -0.368. The zero-order chi connectivity index (χ0) is 19.8. The van der Waals surface area contributed by atoms with E-state index in [1.165, 1.54) is 5.56 Å². The zero-order valence-electron chi connectivity index (χ0n) is 17.1. The molecule has 2 aromatic rings. The van der Waals surface area contributed by atoms with Crippen LogP contribution in [0.3, 0.4) is 0 Å². The van der Waals surface area contributed by atoms with Crippen LogP contribution in [0.2, 0.25) is 0 Å². The molecule has 0 spiro atoms. The summed E-state index contributed by atoms with van der Waals surface area (Å²) in [4.78, 5) is 12.8. The highest BCUT2D eigenvalue weighted by molar-refractivity contribution is 5.94. The van der Waals surface area contributed by atoms with Crippen LogP contribution < -0.4 is 14.8 Å². The highest BCUT2D eigenvalue weighted by atomic mass is 16.5. The first-order valence-electron chi connectivity index (χ1n) is 9.37. The molecule has 4 nitrogen and oxygen atoms in total. The number of fused-ring (bicyclic) bond motifs is 1. The summed E-state index contributed by atoms with van der Waals surface area (Å²) in [6, 6.07) is 13.5. The highest BCUT2D eigenvalue weighted by Gasteiger charge is 2.35. The Hall–Kier alpha value is -2.49. The number of hydrogen-bond acceptors (Lipinski definition) is 3. The van der Waals surface area contributed by atoms with Gasteiger partial charge in [-0.2, -0.15) is 0 Å². The Bertz CT molecular complexity index is 832. The van der Waals surface area contributed by atoms with Crippen molar-refractivity contribution < 1.29 is 14.3 Å². The predicted octanol–water partition coefficient (Wildman–Crippen LogP) is 5.02. The minimum Gasteiger partial charge on any atom is -0.497 e. The molecular weight excluding hydrogens is 338 g/mol. The zero-order valence-corrected chi connectivity index (χ0v) is 17.1. The maximum Gasteiger partial charge on any atom is 0.251 e. The lowest BCUT2D eigenvalue weighted by Gasteiger charge is -2.38. The standard InChI is InChI=1S/C23H29NO3/c1-22(2,3)16-9-7-15(8-10-16)21(25)24-19-14-23(4,5)27-20-13-17(26-6)11-12-18(19)20/h7-13,19H,14H2,1-6H3,(H,24,25)/t19-/m1/s1. The third kappa shape index (κ3) is 4.26. The molecule has 0 aliphatic carbocycles. The van der Waals surface area contributed by atoms with Gasteiger partial charge in [0, 0.05) is 23.6 Å². The molecule has 1 amide bonds. The van der Waals surface area contributed by atoms with Gasteiger partial charge in [-0.25, -0.2) is 0 Å². The van der Waals surface area contributed by atoms with E-state index in [1.54, 1.807) is 7.11 Å². The van der Waals surface area contributed by atoms with Crippen molar-refractivity contribution in [1.82, 2.24) is 5.32 Å². The molecule has 1 heterocycles. The van der Waals surface area contributed by atoms with Gasteiger partial charge in [0.2, 0.25) is 0 Å². The number of benzene rings is 2. The fraction of sp³-hybridized carbons (Fsp3) is 0.435. The second-order valence-corrected chi connectivity index (χ2v) is 8.82. The second kappa shape index (κ2) is 6.91. The molecule has 0 aromatic heterocycles. The molecule has 0 saturated carbocycles. The highest BCUT2D eigenvalue weighted by Crippen LogP contribution is 2.41. The smallest absolute Gasteiger partial charge is 0.251 e. The van der Waals surface area contributed by atoms with Crippen molar-refractivity contribution in [2.75, 3.05) is 7.11 Å². The summed E-state index contributed by atoms with van der Waals surface area (Å²) in [6.07, 6.45) is 0.706. The summed E-state index contributed by atoms with van der Waals surface area (Å²) in [6.45, 7) is 10.6. The molecule has 3 rings (SSSR count). The fourth-order valence-corrected chi connectivity index (χ4v) is 3.45. The number of ether oxygens (including phenoxy) is 2. The molecule has 0 radical (unpaired) electrons. The van der Waals surface area contributed by atoms with Crippen molar-refractivity contribution in [3.05, 3.63) is 59.2 Å². The first-order valence-corrected chi connectivity index (χ1v) is 9.37. The van der Waals surface area contributed by atoms with Crippen LogP contribution in [0.1, 0.15) is 68.6 Å². The summed E-state index contributed by atoms with van der Waals surface area (Å²) >= 11 is 0. The van der Waals surface area contributed by atoms with Gasteiger partial charge in [0.1, 0.15) is 17.1 Å². The number of hydrogen-bond donors (Lipinski definition) is 1. The Morgan fingerprint density at radius 2 is 1.81 bits per heavy atom. The Labute approximate surface area is 161 Å². The monoisotopic (exact) mass is 367 g/mol. The van der Waals surface area contributed by atoms with E-state index in [4.69, 9.17) is 9.47 Å². The van der Waals surface area contributed by atoms with Crippen molar-refractivity contribution in [2.24, 2.45) is 0 Å². The Kier molecular flexibility index (Phi) is 4.94. The summed E-state index contributed by atoms with van der Waals surface area (Å²) < 4.78 is 11.4. The van der Waals surface area contributed by atoms with Gasteiger partial charge >= 0.3 is 0 Å². The number of rotatable bonds is 3. The first-order chi connectivity index (χ1) is 12.6. The lowest BCUT2D eigenvalue weighted by molar-refractivity contribution is 0.0617. The molecular formula is C23H29NO3. The molecule has 2 aromatic carbocycles. The first kappa shape index (κ1) is 19.3. The molecule has 0 bridgehead atoms. The lowest BCUT2D eigenvalue weighted by Crippen LogP contribution is -2.41. The largest absolute Gasteiger partial charge is 0.497 e. The van der Waals surface area contributed by atoms with Crippen LogP contribution in [0.4, 0.5) is 0 Å². The van der Waals surface area contributed by atoms with E-state index >= 15 is 0 Å². The number of methoxy groups -OCH3 is 1. The van der Waals surface area contributed by atoms with Gasteiger partial charge in [-0.15, -0.1) is 0 Å². The number of carbonyl (C=O) groups excluding carboxylic acids is 1. The van der Waals surface area contributed by atoms with Crippen LogP contribution >= 0.6 is 0 Å². The maximum absolute atomic E-state index is 12.8. The van der Waals surface area contributed by atoms with Gasteiger partial charge in [0.05, 0.1) is 13.2 Å². The van der Waals surface area contributed by atoms with Crippen LogP contribution in [-0.2, 0) is 5.41 Å². The van der Waals surface area contributed by atoms with Crippen molar-refractivity contribution in [1.29, 1.82) is 0 Å². The van der Waals surface area contributed by atoms with Crippen LogP contribution in [0.5, 0.6) is 11.5 Å². The van der Waals surface area contributed by atoms with E-state index in [0.29, 0.717) is 12.0 Å². The van der Waals surface area contributed by atoms with Crippen molar-refractivity contribution in [3.63, 3.8) is 0 Å². The van der Waals surface area contributed by atoms with Crippen molar-refractivity contribution in [3.8, 4) is 11.5 Å². The lowest BCUT2D eigenvalue weighted by atomic mass is 9.86. The topological polar surface area (TPSA) is 47.6 Å². The predicted molar refractivity (Wildman–Crippen MR) is 108 cm³/mol. The van der Waals surface area contributed by atoms with Gasteiger partial charge in [-0.1, -0.05) is 32.9 Å². The van der Waals surface area contributed by atoms with Gasteiger partial charge in [-0.3, -0.25) is 4.79 Å². The van der Waals surface area contributed by atoms with Crippen LogP contribution in [-0.4, -0.2) is 18.6 Å². The van der Waals surface area contributed by atoms with Gasteiger partial charge in [-0.05, 0) is 49.1 Å². The second-order valence-electron chi connectivity index (χ2n) is 8.82. The Morgan fingerprint density at radius 3 is 2.41 bits per heavy atom. The maximum atomic E-state index is 12.8. The molecule has 1 aliphatic heterocycles. The van der Waals surface area contributed by atoms with Crippen LogP contribution in [0, 0.1) is 0 Å². The molecule has 1 atom stereocenters. The van der Waals surface area contributed by atoms with E-state index in [0.717, 1.165) is 17.1 Å². The molecule has 4 heteroatoms. The Morgan fingerprint density at radius 1 is 1.15 bits per heavy atom. The summed E-state index contributed by atoms with van der Waals surface area (Å²) in [5.74, 6) is 1.44. The van der Waals surface area contributed by atoms with Gasteiger partial charge in [0.25, 0.3) is 5.91 Å². The molecule has 0 fully saturated rings. The molecule has 0 saturated heterocycles. The third-order valence-electron chi connectivity index (χ3n) is 5.00. The van der Waals surface area contributed by atoms with Crippen molar-refractivity contribution in [2.45, 2.75) is 58.1 Å². The van der Waals surface area contributed by atoms with Gasteiger partial charge < -0.3 is 14.8 Å². The Balaban J connectivity index is 1.83. The summed E-state index contributed by atoms with van der Waals surface area (Å²) in [7, 11) is 1.64. The minimum absolute atomic E-state index is 0.0672. The number of carbonyl (C=O) groups is 1. The van der Waals surface area contributed by atoms with E-state index in [2.05, 4.69) is 26.1 Å². The molecule has 1 N–H and O–H groups in total. The molecule has 1 aliphatic rings. The molecule has 27 heavy (non-hydrogen) atoms. The van der Waals surface area contributed by atoms with Gasteiger partial charge in [0.15, 0.2) is 0 Å². The number of nitrogens with one attached hydrogen (secondary N) is 1. The summed E-state index contributed by atoms with van der Waals surface area (Å²) in [5.41, 5.74) is 2.56. The third-order valence-corrected chi connectivity index (χ3v) is 5.00. The quantitative estimate of drug-likeness (QED) is 0.828. The average molecular weight is 367 g/mol. The van der Waals surface area contributed by atoms with E-state index in [-0.39, 0.29) is 23.0 Å². The molecule has 0 unspecified atom stereocenters. The average Bonchev–Trinajstić information content (AvgIpc) is 2.59. The molecule has 144 valence electrons. The van der Waals surface area contributed by atoms with Crippen molar-refractivity contribution >= 4 is 5.91 Å². The van der Waals surface area contributed by atoms with E-state index in [1.807, 2.05) is 56.3 Å².